The molecule has 0 spiro atoms. The van der Waals surface area contributed by atoms with Crippen molar-refractivity contribution in [3.63, 3.8) is 0 Å². The van der Waals surface area contributed by atoms with Crippen LogP contribution in [0.2, 0.25) is 0 Å². The van der Waals surface area contributed by atoms with Crippen molar-refractivity contribution in [1.29, 1.82) is 0 Å². The number of hydrogen-bond acceptors (Lipinski definition) is 6. The van der Waals surface area contributed by atoms with Crippen LogP contribution in [0.1, 0.15) is 18.4 Å². The number of rotatable bonds is 4. The Morgan fingerprint density at radius 2 is 1.73 bits per heavy atom. The zero-order chi connectivity index (χ0) is 21.1. The fourth-order valence-electron chi connectivity index (χ4n) is 3.32. The minimum absolute atomic E-state index is 0.194. The van der Waals surface area contributed by atoms with Gasteiger partial charge in [0.1, 0.15) is 24.8 Å². The molecular formula is C19H18F3N7O. The predicted molar refractivity (Wildman–Crippen MR) is 102 cm³/mol. The number of piperidine rings is 1. The maximum Gasteiger partial charge on any atom is 0.416 e. The van der Waals surface area contributed by atoms with E-state index in [-0.39, 0.29) is 11.8 Å². The zero-order valence-electron chi connectivity index (χ0n) is 15.8. The van der Waals surface area contributed by atoms with Crippen molar-refractivity contribution in [3.05, 3.63) is 54.9 Å². The molecule has 1 aliphatic heterocycles. The van der Waals surface area contributed by atoms with Gasteiger partial charge in [-0.2, -0.15) is 18.3 Å². The number of carbonyl (C=O) groups is 1. The number of nitrogens with zero attached hydrogens (tertiary/aromatic N) is 6. The molecule has 1 aliphatic rings. The highest BCUT2D eigenvalue weighted by molar-refractivity contribution is 5.92. The Kier molecular flexibility index (Phi) is 5.34. The van der Waals surface area contributed by atoms with E-state index in [1.165, 1.54) is 29.5 Å². The largest absolute Gasteiger partial charge is 0.416 e. The van der Waals surface area contributed by atoms with E-state index in [4.69, 9.17) is 0 Å². The van der Waals surface area contributed by atoms with E-state index < -0.39 is 11.7 Å². The van der Waals surface area contributed by atoms with Crippen LogP contribution in [-0.4, -0.2) is 43.7 Å². The van der Waals surface area contributed by atoms with E-state index in [1.807, 2.05) is 0 Å². The Balaban J connectivity index is 1.34. The van der Waals surface area contributed by atoms with Gasteiger partial charge < -0.3 is 10.2 Å². The van der Waals surface area contributed by atoms with E-state index in [0.717, 1.165) is 18.0 Å². The summed E-state index contributed by atoms with van der Waals surface area (Å²) >= 11 is 0. The van der Waals surface area contributed by atoms with Crippen LogP contribution in [-0.2, 0) is 11.0 Å². The van der Waals surface area contributed by atoms with Crippen LogP contribution in [0.25, 0.3) is 5.82 Å². The molecule has 0 unspecified atom stereocenters. The molecule has 156 valence electrons. The predicted octanol–water partition coefficient (Wildman–Crippen LogP) is 2.93. The van der Waals surface area contributed by atoms with Crippen molar-refractivity contribution in [3.8, 4) is 5.82 Å². The van der Waals surface area contributed by atoms with E-state index in [0.29, 0.717) is 37.4 Å². The summed E-state index contributed by atoms with van der Waals surface area (Å²) in [7, 11) is 0. The molecule has 1 saturated heterocycles. The lowest BCUT2D eigenvalue weighted by molar-refractivity contribution is -0.137. The molecule has 11 heteroatoms. The third kappa shape index (κ3) is 4.39. The lowest BCUT2D eigenvalue weighted by atomic mass is 9.95. The maximum absolute atomic E-state index is 12.6. The van der Waals surface area contributed by atoms with Crippen molar-refractivity contribution < 1.29 is 18.0 Å². The quantitative estimate of drug-likeness (QED) is 0.702. The van der Waals surface area contributed by atoms with Crippen LogP contribution in [0.15, 0.2) is 49.3 Å². The van der Waals surface area contributed by atoms with Gasteiger partial charge in [0.05, 0.1) is 5.56 Å². The van der Waals surface area contributed by atoms with Crippen molar-refractivity contribution in [2.45, 2.75) is 19.0 Å². The third-order valence-corrected chi connectivity index (χ3v) is 4.96. The summed E-state index contributed by atoms with van der Waals surface area (Å²) in [5.74, 6) is 0.914. The fraction of sp³-hybridized carbons (Fsp3) is 0.316. The van der Waals surface area contributed by atoms with Crippen molar-refractivity contribution in [2.75, 3.05) is 23.3 Å². The molecular weight excluding hydrogens is 399 g/mol. The van der Waals surface area contributed by atoms with Gasteiger partial charge in [0.25, 0.3) is 0 Å². The number of benzene rings is 1. The first-order valence-corrected chi connectivity index (χ1v) is 9.30. The van der Waals surface area contributed by atoms with Gasteiger partial charge in [0.15, 0.2) is 5.82 Å². The molecule has 0 atom stereocenters. The number of anilines is 2. The SMILES string of the molecule is O=C(Nc1ccc(C(F)(F)F)cc1)C1CCN(c2cc(-n3cncn3)ncn2)CC1. The second-order valence-corrected chi connectivity index (χ2v) is 6.90. The summed E-state index contributed by atoms with van der Waals surface area (Å²) in [6.07, 6.45) is 1.23. The second kappa shape index (κ2) is 8.09. The summed E-state index contributed by atoms with van der Waals surface area (Å²) < 4.78 is 39.5. The number of alkyl halides is 3. The number of aromatic nitrogens is 5. The number of amides is 1. The van der Waals surface area contributed by atoms with Crippen LogP contribution in [0, 0.1) is 5.92 Å². The topological polar surface area (TPSA) is 88.8 Å². The Morgan fingerprint density at radius 1 is 1.03 bits per heavy atom. The Bertz CT molecular complexity index is 998. The lowest BCUT2D eigenvalue weighted by Crippen LogP contribution is -2.38. The van der Waals surface area contributed by atoms with Crippen LogP contribution in [0.5, 0.6) is 0 Å². The Hall–Kier alpha value is -3.50. The van der Waals surface area contributed by atoms with Crippen LogP contribution >= 0.6 is 0 Å². The summed E-state index contributed by atoms with van der Waals surface area (Å²) in [6, 6.07) is 6.25. The molecule has 0 bridgehead atoms. The van der Waals surface area contributed by atoms with Gasteiger partial charge in [-0.25, -0.2) is 19.6 Å². The van der Waals surface area contributed by atoms with Crippen molar-refractivity contribution in [1.82, 2.24) is 24.7 Å². The summed E-state index contributed by atoms with van der Waals surface area (Å²) in [4.78, 5) is 26.9. The van der Waals surface area contributed by atoms with Crippen LogP contribution in [0.4, 0.5) is 24.7 Å². The van der Waals surface area contributed by atoms with Gasteiger partial charge in [-0.05, 0) is 37.1 Å². The van der Waals surface area contributed by atoms with Crippen molar-refractivity contribution in [2.24, 2.45) is 5.92 Å². The molecule has 0 radical (unpaired) electrons. The number of carbonyl (C=O) groups excluding carboxylic acids is 1. The average Bonchev–Trinajstić information content (AvgIpc) is 3.29. The first-order valence-electron chi connectivity index (χ1n) is 9.30. The molecule has 1 N–H and O–H groups in total. The van der Waals surface area contributed by atoms with Crippen LogP contribution < -0.4 is 10.2 Å². The average molecular weight is 417 g/mol. The monoisotopic (exact) mass is 417 g/mol. The van der Waals surface area contributed by atoms with E-state index in [2.05, 4.69) is 30.3 Å². The summed E-state index contributed by atoms with van der Waals surface area (Å²) in [5.41, 5.74) is -0.396. The zero-order valence-corrected chi connectivity index (χ0v) is 15.8. The van der Waals surface area contributed by atoms with Gasteiger partial charge >= 0.3 is 6.18 Å². The normalized spacial score (nSPS) is 15.2. The van der Waals surface area contributed by atoms with Gasteiger partial charge in [-0.3, -0.25) is 4.79 Å². The highest BCUT2D eigenvalue weighted by Gasteiger charge is 2.30. The Labute approximate surface area is 169 Å². The van der Waals surface area contributed by atoms with Crippen molar-refractivity contribution >= 4 is 17.4 Å². The first-order chi connectivity index (χ1) is 14.4. The van der Waals surface area contributed by atoms with Crippen LogP contribution in [0.3, 0.4) is 0 Å². The fourth-order valence-corrected chi connectivity index (χ4v) is 3.32. The smallest absolute Gasteiger partial charge is 0.356 e. The molecule has 1 fully saturated rings. The molecule has 1 aromatic carbocycles. The maximum atomic E-state index is 12.6. The minimum Gasteiger partial charge on any atom is -0.356 e. The minimum atomic E-state index is -4.40. The van der Waals surface area contributed by atoms with Gasteiger partial charge in [0.2, 0.25) is 5.91 Å². The van der Waals surface area contributed by atoms with E-state index in [1.54, 1.807) is 12.4 Å². The van der Waals surface area contributed by atoms with Gasteiger partial charge in [-0.1, -0.05) is 0 Å². The van der Waals surface area contributed by atoms with E-state index in [9.17, 15) is 18.0 Å². The van der Waals surface area contributed by atoms with Gasteiger partial charge in [-0.15, -0.1) is 0 Å². The van der Waals surface area contributed by atoms with Gasteiger partial charge in [0, 0.05) is 30.8 Å². The van der Waals surface area contributed by atoms with E-state index >= 15 is 0 Å². The number of nitrogens with one attached hydrogen (secondary N) is 1. The summed E-state index contributed by atoms with van der Waals surface area (Å²) in [6.45, 7) is 1.25. The number of hydrogen-bond donors (Lipinski definition) is 1. The molecule has 30 heavy (non-hydrogen) atoms. The molecule has 1 amide bonds. The second-order valence-electron chi connectivity index (χ2n) is 6.90. The molecule has 0 aliphatic carbocycles. The first kappa shape index (κ1) is 19.8. The third-order valence-electron chi connectivity index (χ3n) is 4.96. The summed E-state index contributed by atoms with van der Waals surface area (Å²) in [5, 5.41) is 6.75. The highest BCUT2D eigenvalue weighted by atomic mass is 19.4. The lowest BCUT2D eigenvalue weighted by Gasteiger charge is -2.32. The molecule has 4 rings (SSSR count). The molecule has 8 nitrogen and oxygen atoms in total. The Morgan fingerprint density at radius 3 is 2.37 bits per heavy atom. The molecule has 2 aromatic heterocycles. The molecule has 3 aromatic rings. The molecule has 3 heterocycles. The highest BCUT2D eigenvalue weighted by Crippen LogP contribution is 2.30. The number of halogens is 3. The standard InChI is InChI=1S/C19H18F3N7O/c20-19(21,22)14-1-3-15(4-2-14)27-18(30)13-5-7-28(8-6-13)16-9-17(25-11-24-16)29-12-23-10-26-29/h1-4,9-13H,5-8H2,(H,27,30). The molecule has 0 saturated carbocycles.